The third-order valence-corrected chi connectivity index (χ3v) is 4.12. The number of aliphatic carboxylic acids is 1. The number of benzene rings is 2. The fourth-order valence-electron chi connectivity index (χ4n) is 2.80. The molecule has 0 spiro atoms. The lowest BCUT2D eigenvalue weighted by molar-refractivity contribution is -0.152. The molecule has 0 atom stereocenters. The van der Waals surface area contributed by atoms with E-state index in [4.69, 9.17) is 9.84 Å². The molecule has 0 heterocycles. The SMILES string of the molecule is CC(C)(Oc1ccc(C2=CCCc3ccccc32)cc1)C(=O)O. The summed E-state index contributed by atoms with van der Waals surface area (Å²) in [5.74, 6) is -0.420. The molecule has 3 heteroatoms. The number of ether oxygens (including phenoxy) is 1. The van der Waals surface area contributed by atoms with E-state index in [2.05, 4.69) is 30.3 Å². The Morgan fingerprint density at radius 1 is 1.09 bits per heavy atom. The van der Waals surface area contributed by atoms with Crippen LogP contribution in [0.2, 0.25) is 0 Å². The summed E-state index contributed by atoms with van der Waals surface area (Å²) in [6, 6.07) is 16.1. The van der Waals surface area contributed by atoms with Crippen molar-refractivity contribution in [2.45, 2.75) is 32.3 Å². The van der Waals surface area contributed by atoms with E-state index in [1.165, 1.54) is 16.7 Å². The number of rotatable bonds is 4. The first-order valence-electron chi connectivity index (χ1n) is 7.79. The van der Waals surface area contributed by atoms with Gasteiger partial charge in [0.25, 0.3) is 0 Å². The van der Waals surface area contributed by atoms with Gasteiger partial charge in [-0.15, -0.1) is 0 Å². The second-order valence-corrected chi connectivity index (χ2v) is 6.26. The Labute approximate surface area is 136 Å². The highest BCUT2D eigenvalue weighted by molar-refractivity contribution is 5.82. The van der Waals surface area contributed by atoms with Crippen LogP contribution in [-0.2, 0) is 11.2 Å². The van der Waals surface area contributed by atoms with Gasteiger partial charge >= 0.3 is 5.97 Å². The molecule has 3 rings (SSSR count). The van der Waals surface area contributed by atoms with Crippen molar-refractivity contribution in [1.82, 2.24) is 0 Å². The third-order valence-electron chi connectivity index (χ3n) is 4.12. The summed E-state index contributed by atoms with van der Waals surface area (Å²) in [7, 11) is 0. The van der Waals surface area contributed by atoms with Crippen LogP contribution in [0.25, 0.3) is 5.57 Å². The van der Waals surface area contributed by atoms with E-state index in [1.54, 1.807) is 13.8 Å². The molecule has 0 aliphatic heterocycles. The standard InChI is InChI=1S/C20H20O3/c1-20(2,19(21)22)23-16-12-10-15(11-13-16)18-9-5-7-14-6-3-4-8-17(14)18/h3-4,6,8-13H,5,7H2,1-2H3,(H,21,22). The lowest BCUT2D eigenvalue weighted by Gasteiger charge is -2.22. The van der Waals surface area contributed by atoms with Crippen LogP contribution in [0.4, 0.5) is 0 Å². The fourth-order valence-corrected chi connectivity index (χ4v) is 2.80. The molecule has 0 saturated carbocycles. The molecule has 0 saturated heterocycles. The predicted octanol–water partition coefficient (Wildman–Crippen LogP) is 4.31. The molecule has 0 unspecified atom stereocenters. The quantitative estimate of drug-likeness (QED) is 0.915. The van der Waals surface area contributed by atoms with Gasteiger partial charge in [-0.1, -0.05) is 42.5 Å². The number of carboxylic acids is 1. The molecule has 0 fully saturated rings. The highest BCUT2D eigenvalue weighted by atomic mass is 16.5. The van der Waals surface area contributed by atoms with Crippen molar-refractivity contribution in [1.29, 1.82) is 0 Å². The van der Waals surface area contributed by atoms with Crippen molar-refractivity contribution in [2.75, 3.05) is 0 Å². The molecule has 0 aromatic heterocycles. The van der Waals surface area contributed by atoms with Gasteiger partial charge in [0.05, 0.1) is 0 Å². The van der Waals surface area contributed by atoms with E-state index in [9.17, 15) is 4.79 Å². The van der Waals surface area contributed by atoms with Crippen LogP contribution in [0, 0.1) is 0 Å². The maximum Gasteiger partial charge on any atom is 0.347 e. The molecule has 0 amide bonds. The number of carboxylic acid groups (broad SMARTS) is 1. The fraction of sp³-hybridized carbons (Fsp3) is 0.250. The van der Waals surface area contributed by atoms with Crippen LogP contribution in [0.5, 0.6) is 5.75 Å². The van der Waals surface area contributed by atoms with Gasteiger partial charge in [0, 0.05) is 0 Å². The van der Waals surface area contributed by atoms with Crippen molar-refractivity contribution < 1.29 is 14.6 Å². The molecule has 1 aliphatic rings. The monoisotopic (exact) mass is 308 g/mol. The van der Waals surface area contributed by atoms with E-state index in [0.717, 1.165) is 18.4 Å². The molecule has 3 nitrogen and oxygen atoms in total. The number of carbonyl (C=O) groups is 1. The van der Waals surface area contributed by atoms with Crippen molar-refractivity contribution in [3.8, 4) is 5.75 Å². The predicted molar refractivity (Wildman–Crippen MR) is 90.6 cm³/mol. The van der Waals surface area contributed by atoms with Gasteiger partial charge in [-0.05, 0) is 61.1 Å². The van der Waals surface area contributed by atoms with Crippen LogP contribution >= 0.6 is 0 Å². The first-order chi connectivity index (χ1) is 11.0. The van der Waals surface area contributed by atoms with Gasteiger partial charge in [0.2, 0.25) is 0 Å². The van der Waals surface area contributed by atoms with Gasteiger partial charge in [-0.2, -0.15) is 0 Å². The molecular weight excluding hydrogens is 288 g/mol. The van der Waals surface area contributed by atoms with Crippen LogP contribution in [-0.4, -0.2) is 16.7 Å². The van der Waals surface area contributed by atoms with E-state index in [1.807, 2.05) is 24.3 Å². The Morgan fingerprint density at radius 2 is 1.78 bits per heavy atom. The Balaban J connectivity index is 1.86. The summed E-state index contributed by atoms with van der Waals surface area (Å²) in [5, 5.41) is 9.14. The van der Waals surface area contributed by atoms with Crippen molar-refractivity contribution in [3.63, 3.8) is 0 Å². The summed E-state index contributed by atoms with van der Waals surface area (Å²) in [6.07, 6.45) is 4.38. The zero-order valence-electron chi connectivity index (χ0n) is 13.4. The maximum atomic E-state index is 11.1. The number of allylic oxidation sites excluding steroid dienone is 1. The van der Waals surface area contributed by atoms with Gasteiger partial charge in [-0.25, -0.2) is 4.79 Å². The maximum absolute atomic E-state index is 11.1. The number of hydrogen-bond donors (Lipinski definition) is 1. The molecule has 23 heavy (non-hydrogen) atoms. The minimum Gasteiger partial charge on any atom is -0.478 e. The van der Waals surface area contributed by atoms with Gasteiger partial charge < -0.3 is 9.84 Å². The number of aryl methyl sites for hydroxylation is 1. The summed E-state index contributed by atoms with van der Waals surface area (Å²) >= 11 is 0. The summed E-state index contributed by atoms with van der Waals surface area (Å²) < 4.78 is 5.56. The van der Waals surface area contributed by atoms with E-state index in [0.29, 0.717) is 5.75 Å². The van der Waals surface area contributed by atoms with Gasteiger partial charge in [-0.3, -0.25) is 0 Å². The van der Waals surface area contributed by atoms with Crippen molar-refractivity contribution in [3.05, 3.63) is 71.3 Å². The minimum atomic E-state index is -1.24. The Morgan fingerprint density at radius 3 is 2.48 bits per heavy atom. The number of hydrogen-bond acceptors (Lipinski definition) is 2. The molecule has 2 aromatic carbocycles. The molecule has 0 radical (unpaired) electrons. The highest BCUT2D eigenvalue weighted by Gasteiger charge is 2.29. The molecule has 1 aliphatic carbocycles. The average molecular weight is 308 g/mol. The second kappa shape index (κ2) is 5.92. The lowest BCUT2D eigenvalue weighted by Crippen LogP contribution is -2.37. The van der Waals surface area contributed by atoms with E-state index in [-0.39, 0.29) is 0 Å². The van der Waals surface area contributed by atoms with E-state index < -0.39 is 11.6 Å². The summed E-state index contributed by atoms with van der Waals surface area (Å²) in [5.41, 5.74) is 3.77. The third kappa shape index (κ3) is 3.14. The second-order valence-electron chi connectivity index (χ2n) is 6.26. The number of fused-ring (bicyclic) bond motifs is 1. The zero-order valence-corrected chi connectivity index (χ0v) is 13.4. The van der Waals surface area contributed by atoms with Crippen LogP contribution < -0.4 is 4.74 Å². The molecule has 118 valence electrons. The minimum absolute atomic E-state index is 0.561. The first-order valence-corrected chi connectivity index (χ1v) is 7.79. The average Bonchev–Trinajstić information content (AvgIpc) is 2.55. The van der Waals surface area contributed by atoms with E-state index >= 15 is 0 Å². The Bertz CT molecular complexity index is 755. The topological polar surface area (TPSA) is 46.5 Å². The molecule has 1 N–H and O–H groups in total. The molecular formula is C20H20O3. The summed E-state index contributed by atoms with van der Waals surface area (Å²) in [4.78, 5) is 11.1. The largest absolute Gasteiger partial charge is 0.478 e. The van der Waals surface area contributed by atoms with Crippen molar-refractivity contribution in [2.24, 2.45) is 0 Å². The van der Waals surface area contributed by atoms with Crippen molar-refractivity contribution >= 4 is 11.5 Å². The van der Waals surface area contributed by atoms with Crippen LogP contribution in [0.15, 0.2) is 54.6 Å². The summed E-state index contributed by atoms with van der Waals surface area (Å²) in [6.45, 7) is 3.09. The van der Waals surface area contributed by atoms with Crippen LogP contribution in [0.1, 0.15) is 37.0 Å². The molecule has 0 bridgehead atoms. The first kappa shape index (κ1) is 15.3. The van der Waals surface area contributed by atoms with Gasteiger partial charge in [0.1, 0.15) is 5.75 Å². The molecule has 2 aromatic rings. The van der Waals surface area contributed by atoms with Gasteiger partial charge in [0.15, 0.2) is 5.60 Å². The zero-order chi connectivity index (χ0) is 16.4. The normalized spacial score (nSPS) is 13.9. The van der Waals surface area contributed by atoms with Crippen LogP contribution in [0.3, 0.4) is 0 Å². The lowest BCUT2D eigenvalue weighted by atomic mass is 9.87. The smallest absolute Gasteiger partial charge is 0.347 e. The highest BCUT2D eigenvalue weighted by Crippen LogP contribution is 2.32. The Hall–Kier alpha value is -2.55. The Kier molecular flexibility index (Phi) is 3.95.